The lowest BCUT2D eigenvalue weighted by molar-refractivity contribution is 0.0961. The molecule has 1 aliphatic carbocycles. The van der Waals surface area contributed by atoms with Gasteiger partial charge in [-0.15, -0.1) is 0 Å². The topological polar surface area (TPSA) is 37.3 Å². The predicted octanol–water partition coefficient (Wildman–Crippen LogP) is 3.42. The molecule has 2 heteroatoms. The van der Waals surface area contributed by atoms with E-state index in [0.717, 1.165) is 23.1 Å². The zero-order valence-electron chi connectivity index (χ0n) is 10.1. The number of carbonyl (C=O) groups excluding carboxylic acids is 1. The lowest BCUT2D eigenvalue weighted by atomic mass is 9.75. The van der Waals surface area contributed by atoms with Crippen LogP contribution in [0.3, 0.4) is 0 Å². The maximum atomic E-state index is 11.8. The fraction of sp³-hybridized carbons (Fsp3) is 0.500. The Kier molecular flexibility index (Phi) is 2.75. The maximum absolute atomic E-state index is 11.8. The van der Waals surface area contributed by atoms with Crippen molar-refractivity contribution in [3.05, 3.63) is 28.8 Å². The molecule has 0 spiro atoms. The van der Waals surface area contributed by atoms with Crippen LogP contribution in [0.1, 0.15) is 54.1 Å². The van der Waals surface area contributed by atoms with Gasteiger partial charge >= 0.3 is 0 Å². The van der Waals surface area contributed by atoms with Gasteiger partial charge in [0.25, 0.3) is 0 Å². The molecule has 1 aromatic carbocycles. The average Bonchev–Trinajstić information content (AvgIpc) is 2.23. The van der Waals surface area contributed by atoms with Gasteiger partial charge in [-0.3, -0.25) is 4.79 Å². The molecule has 2 nitrogen and oxygen atoms in total. The summed E-state index contributed by atoms with van der Waals surface area (Å²) in [5.41, 5.74) is 2.47. The SMILES string of the molecule is Cc1ccc2c(c1O)[C@H](C(C)C)CCC2=O. The second-order valence-corrected chi connectivity index (χ2v) is 5.00. The Balaban J connectivity index is 2.62. The Morgan fingerprint density at radius 1 is 1.38 bits per heavy atom. The second kappa shape index (κ2) is 3.93. The zero-order valence-corrected chi connectivity index (χ0v) is 10.1. The Hall–Kier alpha value is -1.31. The smallest absolute Gasteiger partial charge is 0.163 e. The Labute approximate surface area is 96.3 Å². The number of carbonyl (C=O) groups is 1. The molecule has 16 heavy (non-hydrogen) atoms. The highest BCUT2D eigenvalue weighted by atomic mass is 16.3. The number of rotatable bonds is 1. The molecular formula is C14H18O2. The summed E-state index contributed by atoms with van der Waals surface area (Å²) in [5.74, 6) is 1.26. The van der Waals surface area contributed by atoms with Crippen LogP contribution in [-0.2, 0) is 0 Å². The molecule has 0 radical (unpaired) electrons. The van der Waals surface area contributed by atoms with E-state index in [4.69, 9.17) is 0 Å². The van der Waals surface area contributed by atoms with Crippen LogP contribution in [0.25, 0.3) is 0 Å². The van der Waals surface area contributed by atoms with Crippen molar-refractivity contribution in [2.45, 2.75) is 39.5 Å². The molecule has 1 atom stereocenters. The summed E-state index contributed by atoms with van der Waals surface area (Å²) >= 11 is 0. The van der Waals surface area contributed by atoms with E-state index in [2.05, 4.69) is 13.8 Å². The molecule has 1 aromatic rings. The molecule has 0 saturated carbocycles. The van der Waals surface area contributed by atoms with Crippen LogP contribution in [0.5, 0.6) is 5.75 Å². The molecule has 1 aliphatic rings. The summed E-state index contributed by atoms with van der Waals surface area (Å²) < 4.78 is 0. The minimum Gasteiger partial charge on any atom is -0.507 e. The number of ketones is 1. The number of hydrogen-bond acceptors (Lipinski definition) is 2. The number of phenolic OH excluding ortho intramolecular Hbond substituents is 1. The first kappa shape index (κ1) is 11.2. The normalized spacial score (nSPS) is 20.0. The Morgan fingerprint density at radius 2 is 2.06 bits per heavy atom. The number of hydrogen-bond donors (Lipinski definition) is 1. The van der Waals surface area contributed by atoms with Crippen LogP contribution >= 0.6 is 0 Å². The van der Waals surface area contributed by atoms with Crippen LogP contribution in [-0.4, -0.2) is 10.9 Å². The van der Waals surface area contributed by atoms with E-state index in [1.807, 2.05) is 19.1 Å². The third kappa shape index (κ3) is 1.62. The molecule has 0 bridgehead atoms. The van der Waals surface area contributed by atoms with E-state index in [9.17, 15) is 9.90 Å². The van der Waals surface area contributed by atoms with Gasteiger partial charge in [0.15, 0.2) is 5.78 Å². The highest BCUT2D eigenvalue weighted by molar-refractivity contribution is 5.99. The second-order valence-electron chi connectivity index (χ2n) is 5.00. The first-order chi connectivity index (χ1) is 7.52. The molecule has 86 valence electrons. The van der Waals surface area contributed by atoms with Crippen LogP contribution in [0, 0.1) is 12.8 Å². The summed E-state index contributed by atoms with van der Waals surface area (Å²) in [5, 5.41) is 10.1. The monoisotopic (exact) mass is 218 g/mol. The van der Waals surface area contributed by atoms with Crippen LogP contribution in [0.4, 0.5) is 0 Å². The Bertz CT molecular complexity index is 433. The number of aromatic hydroxyl groups is 1. The minimum absolute atomic E-state index is 0.169. The lowest BCUT2D eigenvalue weighted by Gasteiger charge is -2.29. The zero-order chi connectivity index (χ0) is 11.9. The summed E-state index contributed by atoms with van der Waals surface area (Å²) in [6.07, 6.45) is 1.47. The molecular weight excluding hydrogens is 200 g/mol. The van der Waals surface area contributed by atoms with E-state index in [1.165, 1.54) is 0 Å². The van der Waals surface area contributed by atoms with Gasteiger partial charge in [-0.2, -0.15) is 0 Å². The largest absolute Gasteiger partial charge is 0.507 e. The van der Waals surface area contributed by atoms with Crippen molar-refractivity contribution < 1.29 is 9.90 Å². The van der Waals surface area contributed by atoms with Crippen LogP contribution in [0.15, 0.2) is 12.1 Å². The first-order valence-electron chi connectivity index (χ1n) is 5.88. The number of phenols is 1. The number of Topliss-reactive ketones (excluding diaryl/α,β-unsaturated/α-hetero) is 1. The summed E-state index contributed by atoms with van der Waals surface area (Å²) in [7, 11) is 0. The van der Waals surface area contributed by atoms with E-state index < -0.39 is 0 Å². The van der Waals surface area contributed by atoms with Crippen LogP contribution in [0.2, 0.25) is 0 Å². The third-order valence-electron chi connectivity index (χ3n) is 3.58. The van der Waals surface area contributed by atoms with Crippen molar-refractivity contribution in [3.63, 3.8) is 0 Å². The van der Waals surface area contributed by atoms with Gasteiger partial charge in [-0.25, -0.2) is 0 Å². The fourth-order valence-electron chi connectivity index (χ4n) is 2.57. The summed E-state index contributed by atoms with van der Waals surface area (Å²) in [4.78, 5) is 11.8. The quantitative estimate of drug-likeness (QED) is 0.784. The molecule has 0 unspecified atom stereocenters. The van der Waals surface area contributed by atoms with E-state index in [0.29, 0.717) is 24.0 Å². The number of fused-ring (bicyclic) bond motifs is 1. The molecule has 1 N–H and O–H groups in total. The van der Waals surface area contributed by atoms with Crippen molar-refractivity contribution in [1.29, 1.82) is 0 Å². The molecule has 0 heterocycles. The molecule has 0 fully saturated rings. The van der Waals surface area contributed by atoms with E-state index in [-0.39, 0.29) is 5.78 Å². The van der Waals surface area contributed by atoms with Gasteiger partial charge in [0.05, 0.1) is 0 Å². The van der Waals surface area contributed by atoms with Crippen molar-refractivity contribution in [2.24, 2.45) is 5.92 Å². The van der Waals surface area contributed by atoms with Gasteiger partial charge in [-0.05, 0) is 30.7 Å². The Morgan fingerprint density at radius 3 is 2.69 bits per heavy atom. The maximum Gasteiger partial charge on any atom is 0.163 e. The molecule has 0 saturated heterocycles. The molecule has 2 rings (SSSR count). The highest BCUT2D eigenvalue weighted by Crippen LogP contribution is 2.42. The lowest BCUT2D eigenvalue weighted by Crippen LogP contribution is -2.19. The molecule has 0 amide bonds. The fourth-order valence-corrected chi connectivity index (χ4v) is 2.57. The van der Waals surface area contributed by atoms with Gasteiger partial charge in [0.1, 0.15) is 5.75 Å². The van der Waals surface area contributed by atoms with Gasteiger partial charge in [0, 0.05) is 17.5 Å². The summed E-state index contributed by atoms with van der Waals surface area (Å²) in [6, 6.07) is 3.69. The van der Waals surface area contributed by atoms with Crippen molar-refractivity contribution in [2.75, 3.05) is 0 Å². The molecule has 0 aromatic heterocycles. The first-order valence-corrected chi connectivity index (χ1v) is 5.88. The van der Waals surface area contributed by atoms with Crippen molar-refractivity contribution in [1.82, 2.24) is 0 Å². The van der Waals surface area contributed by atoms with Crippen molar-refractivity contribution >= 4 is 5.78 Å². The third-order valence-corrected chi connectivity index (χ3v) is 3.58. The van der Waals surface area contributed by atoms with Gasteiger partial charge in [0.2, 0.25) is 0 Å². The average molecular weight is 218 g/mol. The minimum atomic E-state index is 0.169. The van der Waals surface area contributed by atoms with Gasteiger partial charge < -0.3 is 5.11 Å². The highest BCUT2D eigenvalue weighted by Gasteiger charge is 2.30. The van der Waals surface area contributed by atoms with E-state index >= 15 is 0 Å². The predicted molar refractivity (Wildman–Crippen MR) is 64.0 cm³/mol. The van der Waals surface area contributed by atoms with E-state index in [1.54, 1.807) is 0 Å². The van der Waals surface area contributed by atoms with Crippen LogP contribution < -0.4 is 0 Å². The molecule has 0 aliphatic heterocycles. The summed E-state index contributed by atoms with van der Waals surface area (Å²) in [6.45, 7) is 6.17. The standard InChI is InChI=1S/C14H18O2/c1-8(2)10-6-7-12(15)11-5-4-9(3)14(16)13(10)11/h4-5,8,10,16H,6-7H2,1-3H3/t10-/m0/s1. The number of benzene rings is 1. The van der Waals surface area contributed by atoms with Crippen molar-refractivity contribution in [3.8, 4) is 5.75 Å². The van der Waals surface area contributed by atoms with Gasteiger partial charge in [-0.1, -0.05) is 26.0 Å². The number of aryl methyl sites for hydroxylation is 1.